The Labute approximate surface area is 174 Å². The molecule has 0 atom stereocenters. The van der Waals surface area contributed by atoms with Crippen molar-refractivity contribution in [3.63, 3.8) is 0 Å². The Bertz CT molecular complexity index is 1140. The summed E-state index contributed by atoms with van der Waals surface area (Å²) >= 11 is 0. The van der Waals surface area contributed by atoms with Crippen molar-refractivity contribution in [2.75, 3.05) is 5.32 Å². The number of hydrazone groups is 1. The summed E-state index contributed by atoms with van der Waals surface area (Å²) in [5.74, 6) is 0.455. The minimum Gasteiger partial charge on any atom is -0.459 e. The number of nitrogens with one attached hydrogen (secondary N) is 2. The first kappa shape index (κ1) is 19.7. The fraction of sp³-hybridized carbons (Fsp3) is 0.261. The Balaban J connectivity index is 1.58. The second kappa shape index (κ2) is 8.02. The van der Waals surface area contributed by atoms with Gasteiger partial charge in [0.05, 0.1) is 12.0 Å². The van der Waals surface area contributed by atoms with Crippen LogP contribution in [0.4, 0.5) is 5.69 Å². The Kier molecular flexibility index (Phi) is 5.27. The molecule has 0 saturated heterocycles. The highest BCUT2D eigenvalue weighted by atomic mass is 16.4. The molecular weight excluding hydrogens is 382 g/mol. The normalized spacial score (nSPS) is 14.4. The molecule has 2 amide bonds. The van der Waals surface area contributed by atoms with Crippen LogP contribution in [-0.4, -0.2) is 17.5 Å². The van der Waals surface area contributed by atoms with E-state index < -0.39 is 5.91 Å². The third kappa shape index (κ3) is 3.78. The summed E-state index contributed by atoms with van der Waals surface area (Å²) < 4.78 is 11.0. The smallest absolute Gasteiger partial charge is 0.307 e. The summed E-state index contributed by atoms with van der Waals surface area (Å²) in [5, 5.41) is 7.22. The van der Waals surface area contributed by atoms with Crippen LogP contribution >= 0.6 is 0 Å². The lowest BCUT2D eigenvalue weighted by molar-refractivity contribution is 0.0926. The number of anilines is 1. The molecule has 7 nitrogen and oxygen atoms in total. The van der Waals surface area contributed by atoms with Gasteiger partial charge in [-0.15, -0.1) is 0 Å². The van der Waals surface area contributed by atoms with Crippen molar-refractivity contribution >= 4 is 23.2 Å². The molecule has 7 heteroatoms. The molecule has 2 heterocycles. The van der Waals surface area contributed by atoms with Crippen LogP contribution in [0.25, 0.3) is 0 Å². The van der Waals surface area contributed by atoms with Crippen LogP contribution in [0.15, 0.2) is 50.5 Å². The largest absolute Gasteiger partial charge is 0.459 e. The zero-order valence-corrected chi connectivity index (χ0v) is 17.2. The van der Waals surface area contributed by atoms with Crippen molar-refractivity contribution in [1.82, 2.24) is 5.43 Å². The van der Waals surface area contributed by atoms with Gasteiger partial charge < -0.3 is 14.2 Å². The molecule has 0 aliphatic heterocycles. The van der Waals surface area contributed by atoms with Crippen molar-refractivity contribution in [2.45, 2.75) is 40.0 Å². The van der Waals surface area contributed by atoms with Crippen LogP contribution in [0.1, 0.15) is 62.0 Å². The summed E-state index contributed by atoms with van der Waals surface area (Å²) in [6, 6.07) is 9.07. The van der Waals surface area contributed by atoms with Gasteiger partial charge in [0.2, 0.25) is 0 Å². The number of hydrogen-bond donors (Lipinski definition) is 2. The third-order valence-electron chi connectivity index (χ3n) is 5.20. The van der Waals surface area contributed by atoms with E-state index in [1.54, 1.807) is 12.1 Å². The lowest BCUT2D eigenvalue weighted by atomic mass is 9.93. The minimum absolute atomic E-state index is 0.188. The highest BCUT2D eigenvalue weighted by Gasteiger charge is 2.28. The third-order valence-corrected chi connectivity index (χ3v) is 5.20. The Morgan fingerprint density at radius 1 is 1.07 bits per heavy atom. The van der Waals surface area contributed by atoms with E-state index >= 15 is 0 Å². The molecule has 2 aromatic heterocycles. The molecule has 0 saturated carbocycles. The van der Waals surface area contributed by atoms with Gasteiger partial charge in [0.1, 0.15) is 5.76 Å². The van der Waals surface area contributed by atoms with E-state index in [4.69, 9.17) is 8.83 Å². The summed E-state index contributed by atoms with van der Waals surface area (Å²) in [6.45, 7) is 5.80. The minimum atomic E-state index is -0.423. The van der Waals surface area contributed by atoms with E-state index in [9.17, 15) is 9.59 Å². The lowest BCUT2D eigenvalue weighted by Gasteiger charge is -2.13. The first-order valence-corrected chi connectivity index (χ1v) is 9.85. The summed E-state index contributed by atoms with van der Waals surface area (Å²) in [5.41, 5.74) is 7.61. The Morgan fingerprint density at radius 2 is 1.90 bits per heavy atom. The lowest BCUT2D eigenvalue weighted by Crippen LogP contribution is -2.21. The molecular formula is C23H23N3O4. The number of carbonyl (C=O) groups excluding carboxylic acids is 2. The highest BCUT2D eigenvalue weighted by Crippen LogP contribution is 2.30. The number of carbonyl (C=O) groups is 2. The fourth-order valence-electron chi connectivity index (χ4n) is 3.71. The van der Waals surface area contributed by atoms with E-state index in [0.717, 1.165) is 46.5 Å². The maximum Gasteiger partial charge on any atom is 0.307 e. The van der Waals surface area contributed by atoms with Crippen molar-refractivity contribution in [3.8, 4) is 0 Å². The number of furan rings is 2. The van der Waals surface area contributed by atoms with Gasteiger partial charge in [-0.25, -0.2) is 5.43 Å². The Hall–Kier alpha value is -3.61. The summed E-state index contributed by atoms with van der Waals surface area (Å²) in [7, 11) is 0. The average molecular weight is 405 g/mol. The summed E-state index contributed by atoms with van der Waals surface area (Å²) in [4.78, 5) is 25.0. The molecule has 4 rings (SSSR count). The van der Waals surface area contributed by atoms with Gasteiger partial charge in [-0.2, -0.15) is 5.10 Å². The number of fused-ring (bicyclic) bond motifs is 1. The van der Waals surface area contributed by atoms with Gasteiger partial charge in [0, 0.05) is 23.2 Å². The highest BCUT2D eigenvalue weighted by molar-refractivity contribution is 6.09. The average Bonchev–Trinajstić information content (AvgIpc) is 3.37. The maximum atomic E-state index is 12.9. The SMILES string of the molecule is Cc1ccc(NC(=O)c2oc3c(c2C)/C(=N/NC(=O)c2ccco2)CCC3)c(C)c1. The van der Waals surface area contributed by atoms with Gasteiger partial charge >= 0.3 is 5.91 Å². The molecule has 2 N–H and O–H groups in total. The van der Waals surface area contributed by atoms with E-state index in [-0.39, 0.29) is 17.4 Å². The van der Waals surface area contributed by atoms with Gasteiger partial charge in [0.15, 0.2) is 11.5 Å². The van der Waals surface area contributed by atoms with E-state index in [2.05, 4.69) is 15.8 Å². The quantitative estimate of drug-likeness (QED) is 0.624. The molecule has 0 fully saturated rings. The fourth-order valence-corrected chi connectivity index (χ4v) is 3.71. The molecule has 154 valence electrons. The zero-order valence-electron chi connectivity index (χ0n) is 17.2. The molecule has 1 aliphatic carbocycles. The molecule has 1 aliphatic rings. The predicted octanol–water partition coefficient (Wildman–Crippen LogP) is 4.52. The molecule has 0 spiro atoms. The van der Waals surface area contributed by atoms with Gasteiger partial charge in [-0.3, -0.25) is 9.59 Å². The van der Waals surface area contributed by atoms with Crippen molar-refractivity contribution < 1.29 is 18.4 Å². The van der Waals surface area contributed by atoms with Crippen molar-refractivity contribution in [2.24, 2.45) is 5.10 Å². The van der Waals surface area contributed by atoms with E-state index in [1.165, 1.54) is 6.26 Å². The monoisotopic (exact) mass is 405 g/mol. The molecule has 0 unspecified atom stereocenters. The second-order valence-corrected chi connectivity index (χ2v) is 7.46. The van der Waals surface area contributed by atoms with Gasteiger partial charge in [-0.1, -0.05) is 17.7 Å². The first-order valence-electron chi connectivity index (χ1n) is 9.85. The topological polar surface area (TPSA) is 96.8 Å². The van der Waals surface area contributed by atoms with Crippen molar-refractivity contribution in [3.05, 3.63) is 76.1 Å². The number of benzene rings is 1. The number of nitrogens with zero attached hydrogens (tertiary/aromatic N) is 1. The van der Waals surface area contributed by atoms with E-state index in [0.29, 0.717) is 12.1 Å². The Morgan fingerprint density at radius 3 is 2.63 bits per heavy atom. The van der Waals surface area contributed by atoms with Crippen LogP contribution in [0.5, 0.6) is 0 Å². The second-order valence-electron chi connectivity index (χ2n) is 7.46. The standard InChI is InChI=1S/C23H23N3O4/c1-13-9-10-16(14(2)12-13)24-23(28)21-15(3)20-17(6-4-7-18(20)30-21)25-26-22(27)19-8-5-11-29-19/h5,8-12H,4,6-7H2,1-3H3,(H,24,28)(H,26,27)/b25-17+. The predicted molar refractivity (Wildman–Crippen MR) is 113 cm³/mol. The van der Waals surface area contributed by atoms with Crippen LogP contribution in [0, 0.1) is 20.8 Å². The maximum absolute atomic E-state index is 12.9. The van der Waals surface area contributed by atoms with Crippen LogP contribution in [0.2, 0.25) is 0 Å². The van der Waals surface area contributed by atoms with E-state index in [1.807, 2.05) is 39.0 Å². The first-order chi connectivity index (χ1) is 14.4. The van der Waals surface area contributed by atoms with Crippen molar-refractivity contribution in [1.29, 1.82) is 0 Å². The number of rotatable bonds is 4. The van der Waals surface area contributed by atoms with Gasteiger partial charge in [-0.05, 0) is 57.4 Å². The van der Waals surface area contributed by atoms with Crippen LogP contribution in [0.3, 0.4) is 0 Å². The summed E-state index contributed by atoms with van der Waals surface area (Å²) in [6.07, 6.45) is 3.66. The molecule has 30 heavy (non-hydrogen) atoms. The zero-order chi connectivity index (χ0) is 21.3. The number of hydrogen-bond acceptors (Lipinski definition) is 5. The van der Waals surface area contributed by atoms with Crippen LogP contribution in [-0.2, 0) is 6.42 Å². The van der Waals surface area contributed by atoms with Gasteiger partial charge in [0.25, 0.3) is 5.91 Å². The number of amides is 2. The molecule has 1 aromatic carbocycles. The van der Waals surface area contributed by atoms with Crippen LogP contribution < -0.4 is 10.7 Å². The molecule has 0 bridgehead atoms. The molecule has 0 radical (unpaired) electrons. The molecule has 3 aromatic rings. The number of aryl methyl sites for hydroxylation is 3.